The first kappa shape index (κ1) is 13.6. The molecule has 19 heavy (non-hydrogen) atoms. The summed E-state index contributed by atoms with van der Waals surface area (Å²) in [6.45, 7) is 6.49. The third-order valence-electron chi connectivity index (χ3n) is 4.69. The van der Waals surface area contributed by atoms with Crippen LogP contribution < -0.4 is 0 Å². The predicted molar refractivity (Wildman–Crippen MR) is 82.7 cm³/mol. The second-order valence-electron chi connectivity index (χ2n) is 6.09. The van der Waals surface area contributed by atoms with Gasteiger partial charge < -0.3 is 4.90 Å². The molecule has 2 saturated heterocycles. The van der Waals surface area contributed by atoms with E-state index in [1.807, 2.05) is 11.3 Å². The summed E-state index contributed by atoms with van der Waals surface area (Å²) in [4.78, 5) is 5.40. The van der Waals surface area contributed by atoms with Gasteiger partial charge in [-0.2, -0.15) is 11.3 Å². The Labute approximate surface area is 121 Å². The van der Waals surface area contributed by atoms with Crippen LogP contribution in [-0.2, 0) is 6.54 Å². The first-order chi connectivity index (χ1) is 9.42. The van der Waals surface area contributed by atoms with Crippen LogP contribution in [0.25, 0.3) is 0 Å². The highest BCUT2D eigenvalue weighted by Crippen LogP contribution is 2.23. The molecule has 3 heteroatoms. The highest BCUT2D eigenvalue weighted by molar-refractivity contribution is 7.07. The van der Waals surface area contributed by atoms with Gasteiger partial charge in [-0.05, 0) is 80.7 Å². The quantitative estimate of drug-likeness (QED) is 0.812. The van der Waals surface area contributed by atoms with Gasteiger partial charge in [0.15, 0.2) is 0 Å². The van der Waals surface area contributed by atoms with Crippen LogP contribution in [0.2, 0.25) is 0 Å². The van der Waals surface area contributed by atoms with Crippen molar-refractivity contribution in [1.29, 1.82) is 0 Å². The number of hydrogen-bond acceptors (Lipinski definition) is 3. The Morgan fingerprint density at radius 2 is 1.95 bits per heavy atom. The number of nitrogens with zero attached hydrogens (tertiary/aromatic N) is 2. The van der Waals surface area contributed by atoms with E-state index in [-0.39, 0.29) is 0 Å². The molecular weight excluding hydrogens is 252 g/mol. The lowest BCUT2D eigenvalue weighted by molar-refractivity contribution is 0.122. The molecule has 106 valence electrons. The van der Waals surface area contributed by atoms with E-state index in [1.165, 1.54) is 76.8 Å². The third-order valence-corrected chi connectivity index (χ3v) is 5.42. The van der Waals surface area contributed by atoms with Crippen molar-refractivity contribution in [3.8, 4) is 0 Å². The van der Waals surface area contributed by atoms with Crippen molar-refractivity contribution in [3.05, 3.63) is 22.4 Å². The molecule has 3 rings (SSSR count). The lowest BCUT2D eigenvalue weighted by Crippen LogP contribution is -2.40. The molecule has 0 aliphatic carbocycles. The first-order valence-electron chi connectivity index (χ1n) is 7.89. The van der Waals surface area contributed by atoms with E-state index in [9.17, 15) is 0 Å². The lowest BCUT2D eigenvalue weighted by Gasteiger charge is -2.36. The normalized spacial score (nSPS) is 26.0. The SMILES string of the molecule is c1cc(CN2CCCCC2CCN2CCCC2)cs1. The van der Waals surface area contributed by atoms with E-state index in [0.29, 0.717) is 0 Å². The van der Waals surface area contributed by atoms with E-state index >= 15 is 0 Å². The molecule has 1 unspecified atom stereocenters. The van der Waals surface area contributed by atoms with Crippen molar-refractivity contribution in [2.24, 2.45) is 0 Å². The monoisotopic (exact) mass is 278 g/mol. The molecule has 0 aromatic carbocycles. The van der Waals surface area contributed by atoms with Crippen molar-refractivity contribution in [3.63, 3.8) is 0 Å². The van der Waals surface area contributed by atoms with Crippen LogP contribution in [0.4, 0.5) is 0 Å². The summed E-state index contributed by atoms with van der Waals surface area (Å²) < 4.78 is 0. The Morgan fingerprint density at radius 3 is 2.74 bits per heavy atom. The van der Waals surface area contributed by atoms with Gasteiger partial charge in [-0.25, -0.2) is 0 Å². The van der Waals surface area contributed by atoms with Crippen molar-refractivity contribution >= 4 is 11.3 Å². The maximum Gasteiger partial charge on any atom is 0.0244 e. The Hall–Kier alpha value is -0.380. The molecule has 1 aromatic rings. The predicted octanol–water partition coefficient (Wildman–Crippen LogP) is 3.59. The van der Waals surface area contributed by atoms with Crippen molar-refractivity contribution in [1.82, 2.24) is 9.80 Å². The van der Waals surface area contributed by atoms with E-state index in [2.05, 4.69) is 26.6 Å². The van der Waals surface area contributed by atoms with Crippen LogP contribution in [0.3, 0.4) is 0 Å². The molecule has 1 aromatic heterocycles. The van der Waals surface area contributed by atoms with Gasteiger partial charge in [0.2, 0.25) is 0 Å². The summed E-state index contributed by atoms with van der Waals surface area (Å²) in [5.74, 6) is 0. The molecule has 0 amide bonds. The zero-order chi connectivity index (χ0) is 12.9. The van der Waals surface area contributed by atoms with Crippen molar-refractivity contribution in [2.75, 3.05) is 26.2 Å². The summed E-state index contributed by atoms with van der Waals surface area (Å²) in [6.07, 6.45) is 8.46. The second-order valence-corrected chi connectivity index (χ2v) is 6.87. The Kier molecular flexibility index (Phi) is 4.91. The maximum absolute atomic E-state index is 2.74. The van der Waals surface area contributed by atoms with Gasteiger partial charge in [-0.1, -0.05) is 6.42 Å². The molecule has 0 spiro atoms. The van der Waals surface area contributed by atoms with Crippen LogP contribution in [0, 0.1) is 0 Å². The van der Waals surface area contributed by atoms with E-state index < -0.39 is 0 Å². The minimum absolute atomic E-state index is 0.828. The molecule has 2 aliphatic rings. The van der Waals surface area contributed by atoms with Crippen molar-refractivity contribution < 1.29 is 0 Å². The molecule has 2 fully saturated rings. The van der Waals surface area contributed by atoms with E-state index in [0.717, 1.165) is 6.04 Å². The molecule has 2 nitrogen and oxygen atoms in total. The fourth-order valence-electron chi connectivity index (χ4n) is 3.55. The molecule has 0 radical (unpaired) electrons. The largest absolute Gasteiger partial charge is 0.303 e. The average Bonchev–Trinajstić information content (AvgIpc) is 3.10. The maximum atomic E-state index is 2.74. The van der Waals surface area contributed by atoms with Gasteiger partial charge in [0.25, 0.3) is 0 Å². The van der Waals surface area contributed by atoms with Gasteiger partial charge in [-0.15, -0.1) is 0 Å². The van der Waals surface area contributed by atoms with Gasteiger partial charge in [0.05, 0.1) is 0 Å². The molecule has 0 bridgehead atoms. The number of hydrogen-bond donors (Lipinski definition) is 0. The lowest BCUT2D eigenvalue weighted by atomic mass is 9.98. The zero-order valence-corrected chi connectivity index (χ0v) is 12.7. The fourth-order valence-corrected chi connectivity index (χ4v) is 4.21. The fraction of sp³-hybridized carbons (Fsp3) is 0.750. The zero-order valence-electron chi connectivity index (χ0n) is 11.9. The third kappa shape index (κ3) is 3.80. The van der Waals surface area contributed by atoms with Gasteiger partial charge >= 0.3 is 0 Å². The summed E-state index contributed by atoms with van der Waals surface area (Å²) in [6, 6.07) is 3.12. The number of piperidine rings is 1. The highest BCUT2D eigenvalue weighted by atomic mass is 32.1. The van der Waals surface area contributed by atoms with Crippen LogP contribution in [0.5, 0.6) is 0 Å². The summed E-state index contributed by atoms with van der Waals surface area (Å²) in [7, 11) is 0. The molecule has 1 atom stereocenters. The van der Waals surface area contributed by atoms with E-state index in [1.54, 1.807) is 0 Å². The van der Waals surface area contributed by atoms with Gasteiger partial charge in [0.1, 0.15) is 0 Å². The summed E-state index contributed by atoms with van der Waals surface area (Å²) in [5, 5.41) is 4.52. The number of rotatable bonds is 5. The first-order valence-corrected chi connectivity index (χ1v) is 8.83. The molecular formula is C16H26N2S. The number of thiophene rings is 1. The smallest absolute Gasteiger partial charge is 0.0244 e. The average molecular weight is 278 g/mol. The molecule has 0 saturated carbocycles. The Balaban J connectivity index is 1.51. The minimum atomic E-state index is 0.828. The van der Waals surface area contributed by atoms with Crippen molar-refractivity contribution in [2.45, 2.75) is 51.1 Å². The molecule has 2 aliphatic heterocycles. The Bertz CT molecular complexity index is 357. The number of likely N-dealkylation sites (tertiary alicyclic amines) is 2. The van der Waals surface area contributed by atoms with E-state index in [4.69, 9.17) is 0 Å². The standard InChI is InChI=1S/C16H26N2S/c1-2-10-18(13-15-7-12-19-14-15)16(5-1)6-11-17-8-3-4-9-17/h7,12,14,16H,1-6,8-11,13H2. The second kappa shape index (κ2) is 6.87. The topological polar surface area (TPSA) is 6.48 Å². The van der Waals surface area contributed by atoms with Crippen LogP contribution in [0.1, 0.15) is 44.1 Å². The highest BCUT2D eigenvalue weighted by Gasteiger charge is 2.23. The van der Waals surface area contributed by atoms with Crippen LogP contribution in [-0.4, -0.2) is 42.0 Å². The molecule has 0 N–H and O–H groups in total. The van der Waals surface area contributed by atoms with Crippen LogP contribution in [0.15, 0.2) is 16.8 Å². The summed E-state index contributed by atoms with van der Waals surface area (Å²) in [5.41, 5.74) is 1.51. The van der Waals surface area contributed by atoms with Gasteiger partial charge in [-0.3, -0.25) is 4.90 Å². The minimum Gasteiger partial charge on any atom is -0.303 e. The summed E-state index contributed by atoms with van der Waals surface area (Å²) >= 11 is 1.83. The Morgan fingerprint density at radius 1 is 1.11 bits per heavy atom. The van der Waals surface area contributed by atoms with Gasteiger partial charge in [0, 0.05) is 12.6 Å². The van der Waals surface area contributed by atoms with Crippen LogP contribution >= 0.6 is 11.3 Å². The molecule has 3 heterocycles.